The number of benzene rings is 2. The van der Waals surface area contributed by atoms with E-state index < -0.39 is 6.92 Å². The third-order valence-electron chi connectivity index (χ3n) is 2.72. The summed E-state index contributed by atoms with van der Waals surface area (Å²) in [5, 5.41) is 9.76. The first-order chi connectivity index (χ1) is 9.08. The van der Waals surface area contributed by atoms with E-state index >= 15 is 0 Å². The minimum Gasteiger partial charge on any atom is -0.488 e. The number of rotatable bonds is 4. The van der Waals surface area contributed by atoms with Crippen LogP contribution in [0.1, 0.15) is 5.56 Å². The van der Waals surface area contributed by atoms with Crippen molar-refractivity contribution in [1.29, 1.82) is 0 Å². The molecule has 0 unspecified atom stereocenters. The van der Waals surface area contributed by atoms with Crippen molar-refractivity contribution >= 4 is 44.2 Å². The fraction of sp³-hybridized carbons (Fsp3) is 0.143. The van der Waals surface area contributed by atoms with Crippen LogP contribution >= 0.6 is 31.9 Å². The van der Waals surface area contributed by atoms with Gasteiger partial charge in [-0.05, 0) is 45.2 Å². The van der Waals surface area contributed by atoms with E-state index in [2.05, 4.69) is 31.9 Å². The zero-order valence-electron chi connectivity index (χ0n) is 10.4. The minimum absolute atomic E-state index is 0.460. The first kappa shape index (κ1) is 14.6. The average Bonchev–Trinajstić information content (AvgIpc) is 2.37. The van der Waals surface area contributed by atoms with Gasteiger partial charge in [0, 0.05) is 4.47 Å². The quantitative estimate of drug-likeness (QED) is 0.817. The molecule has 0 bridgehead atoms. The molecule has 0 spiro atoms. The topological polar surface area (TPSA) is 29.5 Å². The van der Waals surface area contributed by atoms with E-state index in [9.17, 15) is 5.02 Å². The number of hydrogen-bond acceptors (Lipinski definition) is 2. The lowest BCUT2D eigenvalue weighted by molar-refractivity contribution is 0.306. The summed E-state index contributed by atoms with van der Waals surface area (Å²) >= 11 is 6.89. The Morgan fingerprint density at radius 3 is 2.58 bits per heavy atom. The highest BCUT2D eigenvalue weighted by Gasteiger charge is 2.15. The Morgan fingerprint density at radius 1 is 1.16 bits per heavy atom. The summed E-state index contributed by atoms with van der Waals surface area (Å²) in [7, 11) is 0. The van der Waals surface area contributed by atoms with Gasteiger partial charge >= 0.3 is 6.92 Å². The Labute approximate surface area is 130 Å². The Balaban J connectivity index is 2.19. The number of para-hydroxylation sites is 1. The lowest BCUT2D eigenvalue weighted by Crippen LogP contribution is -2.28. The smallest absolute Gasteiger partial charge is 0.324 e. The highest BCUT2D eigenvalue weighted by atomic mass is 79.9. The standard InChI is InChI=1S/C14H13BBr2O2/c1-15(18)12-6-3-7-13(17)14(12)19-9-10-4-2-5-11(16)8-10/h2-8,18H,9H2,1H3. The monoisotopic (exact) mass is 382 g/mol. The van der Waals surface area contributed by atoms with Crippen molar-refractivity contribution in [2.24, 2.45) is 0 Å². The molecule has 19 heavy (non-hydrogen) atoms. The molecule has 1 N–H and O–H groups in total. The van der Waals surface area contributed by atoms with Gasteiger partial charge in [-0.3, -0.25) is 0 Å². The molecule has 0 heterocycles. The van der Waals surface area contributed by atoms with Gasteiger partial charge in [-0.2, -0.15) is 0 Å². The molecule has 2 nitrogen and oxygen atoms in total. The summed E-state index contributed by atoms with van der Waals surface area (Å²) in [5.74, 6) is 0.692. The van der Waals surface area contributed by atoms with Gasteiger partial charge in [0.25, 0.3) is 0 Å². The van der Waals surface area contributed by atoms with Crippen molar-refractivity contribution in [1.82, 2.24) is 0 Å². The molecule has 0 radical (unpaired) electrons. The maximum absolute atomic E-state index is 9.76. The van der Waals surface area contributed by atoms with E-state index in [-0.39, 0.29) is 0 Å². The van der Waals surface area contributed by atoms with Crippen molar-refractivity contribution in [3.63, 3.8) is 0 Å². The SMILES string of the molecule is CB(O)c1cccc(Br)c1OCc1cccc(Br)c1. The Kier molecular flexibility index (Phi) is 5.08. The van der Waals surface area contributed by atoms with E-state index in [1.54, 1.807) is 6.82 Å². The molecule has 2 rings (SSSR count). The van der Waals surface area contributed by atoms with Gasteiger partial charge < -0.3 is 9.76 Å². The molecule has 0 saturated carbocycles. The maximum atomic E-state index is 9.76. The van der Waals surface area contributed by atoms with Crippen LogP contribution in [0.3, 0.4) is 0 Å². The van der Waals surface area contributed by atoms with Gasteiger partial charge in [-0.15, -0.1) is 0 Å². The van der Waals surface area contributed by atoms with Gasteiger partial charge in [0.05, 0.1) is 4.47 Å². The molecular formula is C14H13BBr2O2. The number of halogens is 2. The Morgan fingerprint density at radius 2 is 1.89 bits per heavy atom. The fourth-order valence-corrected chi connectivity index (χ4v) is 2.73. The van der Waals surface area contributed by atoms with E-state index in [1.165, 1.54) is 0 Å². The van der Waals surface area contributed by atoms with Crippen LogP contribution in [-0.2, 0) is 6.61 Å². The lowest BCUT2D eigenvalue weighted by atomic mass is 9.64. The summed E-state index contributed by atoms with van der Waals surface area (Å²) in [6, 6.07) is 13.6. The van der Waals surface area contributed by atoms with Crippen LogP contribution in [0.4, 0.5) is 0 Å². The van der Waals surface area contributed by atoms with Gasteiger partial charge in [-0.25, -0.2) is 0 Å². The molecule has 0 aliphatic carbocycles. The predicted octanol–water partition coefficient (Wildman–Crippen LogP) is 3.61. The average molecular weight is 384 g/mol. The van der Waals surface area contributed by atoms with E-state index in [1.807, 2.05) is 42.5 Å². The third-order valence-corrected chi connectivity index (χ3v) is 3.84. The van der Waals surface area contributed by atoms with E-state index in [0.29, 0.717) is 12.4 Å². The Bertz CT molecular complexity index is 573. The van der Waals surface area contributed by atoms with Crippen molar-refractivity contribution in [2.75, 3.05) is 0 Å². The maximum Gasteiger partial charge on any atom is 0.324 e. The molecule has 0 amide bonds. The largest absolute Gasteiger partial charge is 0.488 e. The highest BCUT2D eigenvalue weighted by Crippen LogP contribution is 2.24. The molecule has 0 aromatic heterocycles. The van der Waals surface area contributed by atoms with Crippen LogP contribution < -0.4 is 10.2 Å². The summed E-state index contributed by atoms with van der Waals surface area (Å²) in [4.78, 5) is 0. The van der Waals surface area contributed by atoms with Crippen LogP contribution in [0.5, 0.6) is 5.75 Å². The molecule has 98 valence electrons. The van der Waals surface area contributed by atoms with Crippen LogP contribution in [0.2, 0.25) is 6.82 Å². The highest BCUT2D eigenvalue weighted by molar-refractivity contribution is 9.10. The van der Waals surface area contributed by atoms with Crippen molar-refractivity contribution < 1.29 is 9.76 Å². The zero-order chi connectivity index (χ0) is 13.8. The summed E-state index contributed by atoms with van der Waals surface area (Å²) in [6.45, 7) is 1.63. The molecule has 0 fully saturated rings. The van der Waals surface area contributed by atoms with Crippen LogP contribution in [0, 0.1) is 0 Å². The fourth-order valence-electron chi connectivity index (χ4n) is 1.79. The summed E-state index contributed by atoms with van der Waals surface area (Å²) in [6.07, 6.45) is 0. The predicted molar refractivity (Wildman–Crippen MR) is 86.1 cm³/mol. The molecule has 0 atom stereocenters. The summed E-state index contributed by atoms with van der Waals surface area (Å²) < 4.78 is 7.72. The number of ether oxygens (including phenoxy) is 1. The molecule has 2 aromatic rings. The molecular weight excluding hydrogens is 371 g/mol. The Hall–Kier alpha value is -0.775. The lowest BCUT2D eigenvalue weighted by Gasteiger charge is -2.14. The second kappa shape index (κ2) is 6.59. The first-order valence-electron chi connectivity index (χ1n) is 5.91. The van der Waals surface area contributed by atoms with Crippen molar-refractivity contribution in [3.8, 4) is 5.75 Å². The van der Waals surface area contributed by atoms with Crippen molar-refractivity contribution in [3.05, 3.63) is 57.0 Å². The summed E-state index contributed by atoms with van der Waals surface area (Å²) in [5.41, 5.74) is 1.85. The second-order valence-electron chi connectivity index (χ2n) is 4.25. The molecule has 0 aliphatic rings. The first-order valence-corrected chi connectivity index (χ1v) is 7.50. The van der Waals surface area contributed by atoms with Crippen LogP contribution in [0.15, 0.2) is 51.4 Å². The normalized spacial score (nSPS) is 10.3. The van der Waals surface area contributed by atoms with E-state index in [0.717, 1.165) is 20.0 Å². The minimum atomic E-state index is -0.560. The van der Waals surface area contributed by atoms with Gasteiger partial charge in [0.2, 0.25) is 0 Å². The van der Waals surface area contributed by atoms with E-state index in [4.69, 9.17) is 4.74 Å². The number of hydrogen-bond donors (Lipinski definition) is 1. The third kappa shape index (κ3) is 3.84. The second-order valence-corrected chi connectivity index (χ2v) is 6.02. The van der Waals surface area contributed by atoms with Gasteiger partial charge in [-0.1, -0.05) is 47.0 Å². The molecule has 0 saturated heterocycles. The molecule has 2 aromatic carbocycles. The molecule has 5 heteroatoms. The van der Waals surface area contributed by atoms with Gasteiger partial charge in [0.15, 0.2) is 0 Å². The van der Waals surface area contributed by atoms with Crippen molar-refractivity contribution in [2.45, 2.75) is 13.4 Å². The van der Waals surface area contributed by atoms with Crippen LogP contribution in [0.25, 0.3) is 0 Å². The van der Waals surface area contributed by atoms with Gasteiger partial charge in [0.1, 0.15) is 12.4 Å². The van der Waals surface area contributed by atoms with Crippen LogP contribution in [-0.4, -0.2) is 11.9 Å². The zero-order valence-corrected chi connectivity index (χ0v) is 13.6. The molecule has 0 aliphatic heterocycles.